The maximum atomic E-state index is 13.3. The molecule has 1 heterocycles. The molecule has 0 unspecified atom stereocenters. The summed E-state index contributed by atoms with van der Waals surface area (Å²) >= 11 is 0. The lowest BCUT2D eigenvalue weighted by Gasteiger charge is -2.04. The number of nitrogens with one attached hydrogen (secondary N) is 1. The summed E-state index contributed by atoms with van der Waals surface area (Å²) in [7, 11) is 0. The van der Waals surface area contributed by atoms with Crippen molar-refractivity contribution >= 4 is 0 Å². The van der Waals surface area contributed by atoms with Crippen LogP contribution >= 0.6 is 0 Å². The number of benzene rings is 1. The molecule has 4 nitrogen and oxygen atoms in total. The van der Waals surface area contributed by atoms with Crippen LogP contribution in [-0.2, 0) is 13.1 Å². The Labute approximate surface area is 101 Å². The topological polar surface area (TPSA) is 51.0 Å². The first-order chi connectivity index (χ1) is 8.56. The van der Waals surface area contributed by atoms with E-state index in [9.17, 15) is 13.2 Å². The second-order valence-corrected chi connectivity index (χ2v) is 3.70. The average molecular weight is 257 g/mol. The van der Waals surface area contributed by atoms with Gasteiger partial charge in [-0.25, -0.2) is 13.2 Å². The number of hydrogen-bond donors (Lipinski definition) is 1. The molecule has 0 bridgehead atoms. The molecule has 18 heavy (non-hydrogen) atoms. The second kappa shape index (κ2) is 5.18. The quantitative estimate of drug-likeness (QED) is 0.852. The Bertz CT molecular complexity index is 556. The first-order valence-corrected chi connectivity index (χ1v) is 5.19. The highest BCUT2D eigenvalue weighted by molar-refractivity contribution is 5.19. The van der Waals surface area contributed by atoms with Gasteiger partial charge in [0.15, 0.2) is 17.5 Å². The van der Waals surface area contributed by atoms with Gasteiger partial charge < -0.3 is 9.84 Å². The zero-order valence-corrected chi connectivity index (χ0v) is 9.51. The third-order valence-corrected chi connectivity index (χ3v) is 2.25. The van der Waals surface area contributed by atoms with Crippen LogP contribution < -0.4 is 5.32 Å². The first-order valence-electron chi connectivity index (χ1n) is 5.19. The molecule has 96 valence electrons. The van der Waals surface area contributed by atoms with E-state index in [-0.39, 0.29) is 18.7 Å². The van der Waals surface area contributed by atoms with Crippen LogP contribution in [0, 0.1) is 24.4 Å². The van der Waals surface area contributed by atoms with Crippen molar-refractivity contribution in [1.29, 1.82) is 0 Å². The minimum atomic E-state index is -1.20. The summed E-state index contributed by atoms with van der Waals surface area (Å²) in [5, 5.41) is 6.37. The van der Waals surface area contributed by atoms with Crippen LogP contribution in [-0.4, -0.2) is 10.1 Å². The molecule has 0 aliphatic heterocycles. The molecule has 0 fully saturated rings. The summed E-state index contributed by atoms with van der Waals surface area (Å²) in [5.74, 6) is -2.25. The maximum absolute atomic E-state index is 13.3. The molecule has 1 aromatic heterocycles. The molecular weight excluding hydrogens is 247 g/mol. The van der Waals surface area contributed by atoms with Crippen molar-refractivity contribution in [3.05, 3.63) is 46.9 Å². The number of aromatic nitrogens is 2. The monoisotopic (exact) mass is 257 g/mol. The average Bonchev–Trinajstić information content (AvgIpc) is 2.71. The summed E-state index contributed by atoms with van der Waals surface area (Å²) in [6.45, 7) is 1.92. The highest BCUT2D eigenvalue weighted by Gasteiger charge is 2.10. The summed E-state index contributed by atoms with van der Waals surface area (Å²) in [4.78, 5) is 3.93. The van der Waals surface area contributed by atoms with Crippen LogP contribution in [0.3, 0.4) is 0 Å². The highest BCUT2D eigenvalue weighted by Crippen LogP contribution is 2.13. The van der Waals surface area contributed by atoms with Gasteiger partial charge in [0.25, 0.3) is 0 Å². The van der Waals surface area contributed by atoms with Crippen molar-refractivity contribution in [2.75, 3.05) is 0 Å². The van der Waals surface area contributed by atoms with E-state index < -0.39 is 17.5 Å². The Kier molecular flexibility index (Phi) is 3.61. The number of hydrogen-bond acceptors (Lipinski definition) is 4. The largest absolute Gasteiger partial charge is 0.338 e. The molecule has 7 heteroatoms. The lowest BCUT2D eigenvalue weighted by Crippen LogP contribution is -2.14. The normalized spacial score (nSPS) is 10.9. The maximum Gasteiger partial charge on any atom is 0.240 e. The lowest BCUT2D eigenvalue weighted by atomic mass is 10.2. The van der Waals surface area contributed by atoms with Crippen LogP contribution in [0.15, 0.2) is 16.7 Å². The van der Waals surface area contributed by atoms with Crippen LogP contribution in [0.25, 0.3) is 0 Å². The van der Waals surface area contributed by atoms with E-state index in [1.54, 1.807) is 6.92 Å². The smallest absolute Gasteiger partial charge is 0.240 e. The van der Waals surface area contributed by atoms with Crippen LogP contribution in [0.2, 0.25) is 0 Å². The molecule has 0 spiro atoms. The van der Waals surface area contributed by atoms with Gasteiger partial charge in [-0.15, -0.1) is 0 Å². The van der Waals surface area contributed by atoms with Gasteiger partial charge in [0.1, 0.15) is 5.82 Å². The summed E-state index contributed by atoms with van der Waals surface area (Å²) in [6.07, 6.45) is 0. The molecule has 0 saturated heterocycles. The van der Waals surface area contributed by atoms with Gasteiger partial charge in [-0.2, -0.15) is 4.98 Å². The Hall–Kier alpha value is -1.89. The zero-order valence-electron chi connectivity index (χ0n) is 9.51. The standard InChI is InChI=1S/C11H10F3N3O/c1-6-16-11(18-17-6)5-15-4-7-2-9(13)10(14)3-8(7)12/h2-3,15H,4-5H2,1H3. The highest BCUT2D eigenvalue weighted by atomic mass is 19.2. The Morgan fingerprint density at radius 2 is 1.83 bits per heavy atom. The predicted octanol–water partition coefficient (Wildman–Crippen LogP) is 2.09. The minimum absolute atomic E-state index is 0.0322. The van der Waals surface area contributed by atoms with Gasteiger partial charge in [-0.3, -0.25) is 0 Å². The molecule has 0 atom stereocenters. The molecule has 0 saturated carbocycles. The SMILES string of the molecule is Cc1noc(CNCc2cc(F)c(F)cc2F)n1. The molecule has 0 aliphatic carbocycles. The van der Waals surface area contributed by atoms with E-state index >= 15 is 0 Å². The van der Waals surface area contributed by atoms with E-state index in [1.165, 1.54) is 0 Å². The summed E-state index contributed by atoms with van der Waals surface area (Å²) in [6, 6.07) is 1.33. The van der Waals surface area contributed by atoms with Crippen LogP contribution in [0.5, 0.6) is 0 Å². The van der Waals surface area contributed by atoms with E-state index in [4.69, 9.17) is 4.52 Å². The minimum Gasteiger partial charge on any atom is -0.338 e. The fourth-order valence-corrected chi connectivity index (χ4v) is 1.42. The molecule has 0 aliphatic rings. The van der Waals surface area contributed by atoms with E-state index in [0.29, 0.717) is 17.8 Å². The van der Waals surface area contributed by atoms with E-state index in [0.717, 1.165) is 6.07 Å². The molecule has 1 aromatic carbocycles. The van der Waals surface area contributed by atoms with Crippen LogP contribution in [0.4, 0.5) is 13.2 Å². The van der Waals surface area contributed by atoms with Gasteiger partial charge in [0.2, 0.25) is 5.89 Å². The van der Waals surface area contributed by atoms with Crippen molar-refractivity contribution in [2.24, 2.45) is 0 Å². The Balaban J connectivity index is 1.96. The van der Waals surface area contributed by atoms with Crippen molar-refractivity contribution in [1.82, 2.24) is 15.5 Å². The number of nitrogens with zero attached hydrogens (tertiary/aromatic N) is 2. The Morgan fingerprint density at radius 3 is 2.50 bits per heavy atom. The molecular formula is C11H10F3N3O. The van der Waals surface area contributed by atoms with Crippen LogP contribution in [0.1, 0.15) is 17.3 Å². The van der Waals surface area contributed by atoms with E-state index in [1.807, 2.05) is 0 Å². The molecule has 1 N–H and O–H groups in total. The lowest BCUT2D eigenvalue weighted by molar-refractivity contribution is 0.363. The van der Waals surface area contributed by atoms with Gasteiger partial charge in [-0.05, 0) is 13.0 Å². The number of rotatable bonds is 4. The fourth-order valence-electron chi connectivity index (χ4n) is 1.42. The number of aryl methyl sites for hydroxylation is 1. The third-order valence-electron chi connectivity index (χ3n) is 2.25. The van der Waals surface area contributed by atoms with Crippen molar-refractivity contribution in [3.63, 3.8) is 0 Å². The third kappa shape index (κ3) is 2.86. The molecule has 0 amide bonds. The number of halogens is 3. The van der Waals surface area contributed by atoms with Crippen molar-refractivity contribution in [2.45, 2.75) is 20.0 Å². The molecule has 2 aromatic rings. The molecule has 0 radical (unpaired) electrons. The second-order valence-electron chi connectivity index (χ2n) is 3.70. The summed E-state index contributed by atoms with van der Waals surface area (Å²) in [5.41, 5.74) is 0.0325. The van der Waals surface area contributed by atoms with Crippen molar-refractivity contribution < 1.29 is 17.7 Å². The van der Waals surface area contributed by atoms with Gasteiger partial charge in [-0.1, -0.05) is 5.16 Å². The predicted molar refractivity (Wildman–Crippen MR) is 55.9 cm³/mol. The fraction of sp³-hybridized carbons (Fsp3) is 0.273. The van der Waals surface area contributed by atoms with Crippen molar-refractivity contribution in [3.8, 4) is 0 Å². The Morgan fingerprint density at radius 1 is 1.11 bits per heavy atom. The van der Waals surface area contributed by atoms with Gasteiger partial charge in [0.05, 0.1) is 6.54 Å². The summed E-state index contributed by atoms with van der Waals surface area (Å²) < 4.78 is 43.7. The van der Waals surface area contributed by atoms with E-state index in [2.05, 4.69) is 15.5 Å². The first kappa shape index (κ1) is 12.6. The van der Waals surface area contributed by atoms with Gasteiger partial charge >= 0.3 is 0 Å². The van der Waals surface area contributed by atoms with Gasteiger partial charge in [0, 0.05) is 18.2 Å². The molecule has 2 rings (SSSR count). The zero-order chi connectivity index (χ0) is 13.1.